The highest BCUT2D eigenvalue weighted by Crippen LogP contribution is 2.25. The van der Waals surface area contributed by atoms with Crippen LogP contribution in [0.15, 0.2) is 18.2 Å². The van der Waals surface area contributed by atoms with Crippen LogP contribution in [0, 0.1) is 11.8 Å². The fraction of sp³-hybridized carbons (Fsp3) is 0.550. The molecule has 26 heavy (non-hydrogen) atoms. The number of anilines is 1. The number of aromatic nitrogens is 2. The SMILES string of the molecule is CC(C)CN1C[C@H](C(=O)Nc2ccc3nc(C(C)(C)C)[nH]c3c2)CC1=O. The lowest BCUT2D eigenvalue weighted by molar-refractivity contribution is -0.128. The van der Waals surface area contributed by atoms with Crippen LogP contribution in [0.1, 0.15) is 46.9 Å². The summed E-state index contributed by atoms with van der Waals surface area (Å²) in [7, 11) is 0. The molecule has 0 radical (unpaired) electrons. The minimum atomic E-state index is -0.288. The second-order valence-electron chi connectivity index (χ2n) is 8.65. The Labute approximate surface area is 154 Å². The maximum atomic E-state index is 12.6. The van der Waals surface area contributed by atoms with Crippen LogP contribution < -0.4 is 5.32 Å². The van der Waals surface area contributed by atoms with Crippen LogP contribution in [0.25, 0.3) is 11.0 Å². The van der Waals surface area contributed by atoms with Gasteiger partial charge in [0.05, 0.1) is 17.0 Å². The van der Waals surface area contributed by atoms with E-state index in [1.165, 1.54) is 0 Å². The number of hydrogen-bond donors (Lipinski definition) is 2. The number of amides is 2. The maximum absolute atomic E-state index is 12.6. The third-order valence-corrected chi connectivity index (χ3v) is 4.63. The van der Waals surface area contributed by atoms with Crippen molar-refractivity contribution in [1.82, 2.24) is 14.9 Å². The molecule has 6 heteroatoms. The predicted molar refractivity (Wildman–Crippen MR) is 103 cm³/mol. The zero-order valence-electron chi connectivity index (χ0n) is 16.2. The lowest BCUT2D eigenvalue weighted by Crippen LogP contribution is -2.31. The molecule has 0 bridgehead atoms. The number of fused-ring (bicyclic) bond motifs is 1. The first-order valence-electron chi connectivity index (χ1n) is 9.22. The molecule has 0 aliphatic carbocycles. The number of carbonyl (C=O) groups excluding carboxylic acids is 2. The predicted octanol–water partition coefficient (Wildman–Crippen LogP) is 3.30. The van der Waals surface area contributed by atoms with Gasteiger partial charge in [-0.15, -0.1) is 0 Å². The van der Waals surface area contributed by atoms with Gasteiger partial charge in [0, 0.05) is 30.6 Å². The van der Waals surface area contributed by atoms with E-state index in [1.54, 1.807) is 4.90 Å². The Morgan fingerprint density at radius 3 is 2.77 bits per heavy atom. The Kier molecular flexibility index (Phi) is 4.78. The molecule has 2 aromatic rings. The Hall–Kier alpha value is -2.37. The van der Waals surface area contributed by atoms with E-state index in [4.69, 9.17) is 0 Å². The summed E-state index contributed by atoms with van der Waals surface area (Å²) in [4.78, 5) is 34.4. The summed E-state index contributed by atoms with van der Waals surface area (Å²) in [6.45, 7) is 11.7. The number of aromatic amines is 1. The molecule has 0 saturated carbocycles. The summed E-state index contributed by atoms with van der Waals surface area (Å²) in [5, 5.41) is 2.95. The molecule has 1 aliphatic rings. The van der Waals surface area contributed by atoms with E-state index in [1.807, 2.05) is 18.2 Å². The lowest BCUT2D eigenvalue weighted by Gasteiger charge is -2.18. The molecule has 2 N–H and O–H groups in total. The molecular weight excluding hydrogens is 328 g/mol. The first kappa shape index (κ1) is 18.4. The normalized spacial score (nSPS) is 18.2. The fourth-order valence-electron chi connectivity index (χ4n) is 3.25. The van der Waals surface area contributed by atoms with Crippen molar-refractivity contribution in [3.8, 4) is 0 Å². The highest BCUT2D eigenvalue weighted by atomic mass is 16.2. The van der Waals surface area contributed by atoms with Crippen LogP contribution in [0.3, 0.4) is 0 Å². The van der Waals surface area contributed by atoms with Gasteiger partial charge in [-0.25, -0.2) is 4.98 Å². The maximum Gasteiger partial charge on any atom is 0.229 e. The summed E-state index contributed by atoms with van der Waals surface area (Å²) in [5.74, 6) is 1.00. The van der Waals surface area contributed by atoms with E-state index in [0.29, 0.717) is 25.4 Å². The van der Waals surface area contributed by atoms with Crippen molar-refractivity contribution in [3.05, 3.63) is 24.0 Å². The number of H-pyrrole nitrogens is 1. The third kappa shape index (κ3) is 3.89. The summed E-state index contributed by atoms with van der Waals surface area (Å²) in [6, 6.07) is 5.66. The summed E-state index contributed by atoms with van der Waals surface area (Å²) in [5.41, 5.74) is 2.44. The van der Waals surface area contributed by atoms with E-state index in [2.05, 4.69) is 49.9 Å². The Bertz CT molecular complexity index is 832. The van der Waals surface area contributed by atoms with E-state index in [-0.39, 0.29) is 23.1 Å². The molecule has 3 rings (SSSR count). The van der Waals surface area contributed by atoms with Crippen LogP contribution in [0.4, 0.5) is 5.69 Å². The number of nitrogens with one attached hydrogen (secondary N) is 2. The second kappa shape index (κ2) is 6.74. The Balaban J connectivity index is 1.70. The zero-order valence-corrected chi connectivity index (χ0v) is 16.2. The van der Waals surface area contributed by atoms with Crippen molar-refractivity contribution < 1.29 is 9.59 Å². The molecule has 1 fully saturated rings. The van der Waals surface area contributed by atoms with Crippen molar-refractivity contribution >= 4 is 28.5 Å². The van der Waals surface area contributed by atoms with Gasteiger partial charge in [-0.3, -0.25) is 9.59 Å². The van der Waals surface area contributed by atoms with Gasteiger partial charge in [0.1, 0.15) is 5.82 Å². The van der Waals surface area contributed by atoms with Crippen molar-refractivity contribution in [1.29, 1.82) is 0 Å². The molecule has 0 unspecified atom stereocenters. The monoisotopic (exact) mass is 356 g/mol. The Morgan fingerprint density at radius 2 is 2.12 bits per heavy atom. The lowest BCUT2D eigenvalue weighted by atomic mass is 9.96. The van der Waals surface area contributed by atoms with Gasteiger partial charge in [-0.05, 0) is 24.1 Å². The fourth-order valence-corrected chi connectivity index (χ4v) is 3.25. The van der Waals surface area contributed by atoms with Crippen molar-refractivity contribution in [3.63, 3.8) is 0 Å². The first-order chi connectivity index (χ1) is 12.1. The van der Waals surface area contributed by atoms with Crippen molar-refractivity contribution in [2.45, 2.75) is 46.5 Å². The summed E-state index contributed by atoms with van der Waals surface area (Å²) in [6.07, 6.45) is 0.291. The average molecular weight is 356 g/mol. The van der Waals surface area contributed by atoms with Crippen molar-refractivity contribution in [2.75, 3.05) is 18.4 Å². The Morgan fingerprint density at radius 1 is 1.38 bits per heavy atom. The standard InChI is InChI=1S/C20H28N4O2/c1-12(2)10-24-11-13(8-17(24)25)18(26)21-14-6-7-15-16(9-14)23-19(22-15)20(3,4)5/h6-7,9,12-13H,8,10-11H2,1-5H3,(H,21,26)(H,22,23)/t13-/m1/s1. The number of likely N-dealkylation sites (tertiary alicyclic amines) is 1. The molecule has 1 saturated heterocycles. The smallest absolute Gasteiger partial charge is 0.229 e. The van der Waals surface area contributed by atoms with Gasteiger partial charge in [-0.1, -0.05) is 34.6 Å². The molecular formula is C20H28N4O2. The number of carbonyl (C=O) groups is 2. The first-order valence-corrected chi connectivity index (χ1v) is 9.22. The third-order valence-electron chi connectivity index (χ3n) is 4.63. The van der Waals surface area contributed by atoms with Crippen LogP contribution >= 0.6 is 0 Å². The number of hydrogen-bond acceptors (Lipinski definition) is 3. The van der Waals surface area contributed by atoms with Crippen LogP contribution in [-0.2, 0) is 15.0 Å². The number of rotatable bonds is 4. The van der Waals surface area contributed by atoms with Gasteiger partial charge >= 0.3 is 0 Å². The highest BCUT2D eigenvalue weighted by molar-refractivity contribution is 5.98. The molecule has 1 aromatic carbocycles. The van der Waals surface area contributed by atoms with E-state index in [0.717, 1.165) is 22.5 Å². The second-order valence-corrected chi connectivity index (χ2v) is 8.65. The van der Waals surface area contributed by atoms with Gasteiger partial charge < -0.3 is 15.2 Å². The molecule has 2 amide bonds. The molecule has 1 aliphatic heterocycles. The summed E-state index contributed by atoms with van der Waals surface area (Å²) >= 11 is 0. The molecule has 2 heterocycles. The number of imidazole rings is 1. The number of nitrogens with zero attached hydrogens (tertiary/aromatic N) is 2. The van der Waals surface area contributed by atoms with Crippen molar-refractivity contribution in [2.24, 2.45) is 11.8 Å². The molecule has 1 atom stereocenters. The van der Waals surface area contributed by atoms with Crippen LogP contribution in [0.2, 0.25) is 0 Å². The van der Waals surface area contributed by atoms with E-state index < -0.39 is 0 Å². The number of benzene rings is 1. The molecule has 0 spiro atoms. The molecule has 140 valence electrons. The van der Waals surface area contributed by atoms with E-state index >= 15 is 0 Å². The van der Waals surface area contributed by atoms with Crippen LogP contribution in [0.5, 0.6) is 0 Å². The quantitative estimate of drug-likeness (QED) is 0.882. The minimum Gasteiger partial charge on any atom is -0.342 e. The van der Waals surface area contributed by atoms with Gasteiger partial charge in [0.25, 0.3) is 0 Å². The molecule has 1 aromatic heterocycles. The highest BCUT2D eigenvalue weighted by Gasteiger charge is 2.34. The largest absolute Gasteiger partial charge is 0.342 e. The van der Waals surface area contributed by atoms with Gasteiger partial charge in [0.15, 0.2) is 0 Å². The van der Waals surface area contributed by atoms with Crippen LogP contribution in [-0.4, -0.2) is 39.8 Å². The average Bonchev–Trinajstić information content (AvgIpc) is 3.10. The molecule has 6 nitrogen and oxygen atoms in total. The van der Waals surface area contributed by atoms with E-state index in [9.17, 15) is 9.59 Å². The summed E-state index contributed by atoms with van der Waals surface area (Å²) < 4.78 is 0. The van der Waals surface area contributed by atoms with Gasteiger partial charge in [0.2, 0.25) is 11.8 Å². The topological polar surface area (TPSA) is 78.1 Å². The minimum absolute atomic E-state index is 0.0630. The zero-order chi connectivity index (χ0) is 19.1. The van der Waals surface area contributed by atoms with Gasteiger partial charge in [-0.2, -0.15) is 0 Å².